The van der Waals surface area contributed by atoms with Gasteiger partial charge in [-0.2, -0.15) is 0 Å². The number of amides is 1. The van der Waals surface area contributed by atoms with E-state index in [1.807, 2.05) is 0 Å². The van der Waals surface area contributed by atoms with Gasteiger partial charge in [0.15, 0.2) is 5.84 Å². The molecule has 0 aliphatic carbocycles. The van der Waals surface area contributed by atoms with Crippen molar-refractivity contribution < 1.29 is 14.4 Å². The zero-order chi connectivity index (χ0) is 15.4. The Morgan fingerprint density at radius 1 is 1.24 bits per heavy atom. The van der Waals surface area contributed by atoms with Gasteiger partial charge in [-0.25, -0.2) is 4.39 Å². The van der Waals surface area contributed by atoms with E-state index >= 15 is 0 Å². The molecule has 7 heteroatoms. The Labute approximate surface area is 128 Å². The first-order valence-electron chi connectivity index (χ1n) is 5.86. The first-order valence-corrected chi connectivity index (χ1v) is 6.65. The van der Waals surface area contributed by atoms with Gasteiger partial charge in [-0.15, -0.1) is 0 Å². The monoisotopic (exact) mass is 351 g/mol. The molecule has 21 heavy (non-hydrogen) atoms. The molecule has 0 bridgehead atoms. The Balaban J connectivity index is 2.20. The summed E-state index contributed by atoms with van der Waals surface area (Å²) in [5, 5.41) is 14.0. The van der Waals surface area contributed by atoms with Gasteiger partial charge in [0.2, 0.25) is 0 Å². The van der Waals surface area contributed by atoms with Crippen LogP contribution in [0.5, 0.6) is 0 Å². The van der Waals surface area contributed by atoms with Crippen molar-refractivity contribution in [1.82, 2.24) is 0 Å². The lowest BCUT2D eigenvalue weighted by Crippen LogP contribution is -2.15. The molecule has 0 atom stereocenters. The molecule has 0 fully saturated rings. The van der Waals surface area contributed by atoms with Crippen LogP contribution in [0.3, 0.4) is 0 Å². The van der Waals surface area contributed by atoms with E-state index in [0.29, 0.717) is 15.7 Å². The van der Waals surface area contributed by atoms with Crippen molar-refractivity contribution >= 4 is 33.4 Å². The summed E-state index contributed by atoms with van der Waals surface area (Å²) in [5.74, 6) is -1.23. The molecule has 1 amide bonds. The lowest BCUT2D eigenvalue weighted by atomic mass is 10.1. The van der Waals surface area contributed by atoms with E-state index in [9.17, 15) is 9.18 Å². The van der Waals surface area contributed by atoms with Crippen molar-refractivity contribution in [1.29, 1.82) is 0 Å². The summed E-state index contributed by atoms with van der Waals surface area (Å²) in [4.78, 5) is 12.1. The molecular weight excluding hydrogens is 341 g/mol. The van der Waals surface area contributed by atoms with Gasteiger partial charge in [0.05, 0.1) is 5.56 Å². The molecule has 0 aromatic heterocycles. The Bertz CT molecular complexity index is 682. The van der Waals surface area contributed by atoms with Gasteiger partial charge in [-0.3, -0.25) is 4.79 Å². The maximum atomic E-state index is 13.7. The summed E-state index contributed by atoms with van der Waals surface area (Å²) in [6.45, 7) is 0. The van der Waals surface area contributed by atoms with Gasteiger partial charge >= 0.3 is 0 Å². The smallest absolute Gasteiger partial charge is 0.259 e. The number of carbonyl (C=O) groups is 1. The Morgan fingerprint density at radius 2 is 1.90 bits per heavy atom. The normalized spacial score (nSPS) is 11.2. The third-order valence-corrected chi connectivity index (χ3v) is 3.40. The lowest BCUT2D eigenvalue weighted by molar-refractivity contribution is 0.102. The number of carbonyl (C=O) groups excluding carboxylic acids is 1. The van der Waals surface area contributed by atoms with Crippen LogP contribution >= 0.6 is 15.9 Å². The number of hydrogen-bond acceptors (Lipinski definition) is 3. The summed E-state index contributed by atoms with van der Waals surface area (Å²) < 4.78 is 14.0. The maximum Gasteiger partial charge on any atom is 0.259 e. The largest absolute Gasteiger partial charge is 0.409 e. The van der Waals surface area contributed by atoms with Crippen molar-refractivity contribution in [3.63, 3.8) is 0 Å². The Morgan fingerprint density at radius 3 is 2.48 bits per heavy atom. The number of hydrogen-bond donors (Lipinski definition) is 3. The number of rotatable bonds is 3. The summed E-state index contributed by atoms with van der Waals surface area (Å²) in [5.41, 5.74) is 6.33. The number of nitrogens with one attached hydrogen (secondary N) is 1. The van der Waals surface area contributed by atoms with Gasteiger partial charge in [0, 0.05) is 15.7 Å². The van der Waals surface area contributed by atoms with Crippen molar-refractivity contribution in [2.45, 2.75) is 0 Å². The number of nitrogens with zero attached hydrogens (tertiary/aromatic N) is 1. The standard InChI is InChI=1S/C14H11BrFN3O2/c15-10-2-1-3-11(16)12(10)14(20)18-9-6-4-8(5-7-9)13(17)19-21/h1-7,21H,(H2,17,19)(H,18,20). The highest BCUT2D eigenvalue weighted by Gasteiger charge is 2.15. The van der Waals surface area contributed by atoms with Gasteiger partial charge in [0.1, 0.15) is 5.82 Å². The van der Waals surface area contributed by atoms with E-state index in [1.165, 1.54) is 12.1 Å². The molecular formula is C14H11BrFN3O2. The number of oxime groups is 1. The fourth-order valence-corrected chi connectivity index (χ4v) is 2.21. The van der Waals surface area contributed by atoms with E-state index < -0.39 is 11.7 Å². The summed E-state index contributed by atoms with van der Waals surface area (Å²) >= 11 is 3.14. The summed E-state index contributed by atoms with van der Waals surface area (Å²) in [6.07, 6.45) is 0. The van der Waals surface area contributed by atoms with Crippen LogP contribution in [-0.2, 0) is 0 Å². The molecule has 0 heterocycles. The number of benzene rings is 2. The average molecular weight is 352 g/mol. The average Bonchev–Trinajstić information content (AvgIpc) is 2.47. The maximum absolute atomic E-state index is 13.7. The first kappa shape index (κ1) is 15.0. The number of halogens is 2. The second kappa shape index (κ2) is 6.36. The second-order valence-electron chi connectivity index (χ2n) is 4.11. The summed E-state index contributed by atoms with van der Waals surface area (Å²) in [6, 6.07) is 10.6. The highest BCUT2D eigenvalue weighted by molar-refractivity contribution is 9.10. The fourth-order valence-electron chi connectivity index (χ4n) is 1.69. The molecule has 5 nitrogen and oxygen atoms in total. The van der Waals surface area contributed by atoms with Crippen LogP contribution in [0, 0.1) is 5.82 Å². The van der Waals surface area contributed by atoms with Crippen LogP contribution in [0.4, 0.5) is 10.1 Å². The van der Waals surface area contributed by atoms with Crippen molar-refractivity contribution in [3.05, 3.63) is 63.9 Å². The molecule has 0 spiro atoms. The molecule has 2 aromatic rings. The van der Waals surface area contributed by atoms with Crippen LogP contribution in [-0.4, -0.2) is 17.0 Å². The molecule has 0 aliphatic rings. The van der Waals surface area contributed by atoms with E-state index in [1.54, 1.807) is 30.3 Å². The third kappa shape index (κ3) is 3.38. The minimum atomic E-state index is -0.616. The topological polar surface area (TPSA) is 87.7 Å². The molecule has 0 radical (unpaired) electrons. The van der Waals surface area contributed by atoms with Crippen LogP contribution in [0.1, 0.15) is 15.9 Å². The molecule has 2 aromatic carbocycles. The molecule has 0 aliphatic heterocycles. The summed E-state index contributed by atoms with van der Waals surface area (Å²) in [7, 11) is 0. The zero-order valence-corrected chi connectivity index (χ0v) is 12.3. The van der Waals surface area contributed by atoms with Crippen LogP contribution in [0.15, 0.2) is 52.1 Å². The third-order valence-electron chi connectivity index (χ3n) is 2.74. The van der Waals surface area contributed by atoms with Gasteiger partial charge in [-0.1, -0.05) is 11.2 Å². The second-order valence-corrected chi connectivity index (χ2v) is 4.97. The quantitative estimate of drug-likeness (QED) is 0.344. The van der Waals surface area contributed by atoms with Crippen molar-refractivity contribution in [3.8, 4) is 0 Å². The van der Waals surface area contributed by atoms with E-state index in [2.05, 4.69) is 26.4 Å². The number of nitrogens with two attached hydrogens (primary N) is 1. The van der Waals surface area contributed by atoms with Gasteiger partial charge in [0.25, 0.3) is 5.91 Å². The highest BCUT2D eigenvalue weighted by atomic mass is 79.9. The van der Waals surface area contributed by atoms with Gasteiger partial charge < -0.3 is 16.3 Å². The van der Waals surface area contributed by atoms with E-state index in [-0.39, 0.29) is 11.4 Å². The Kier molecular flexibility index (Phi) is 4.54. The number of anilines is 1. The molecule has 0 saturated carbocycles. The molecule has 0 unspecified atom stereocenters. The lowest BCUT2D eigenvalue weighted by Gasteiger charge is -2.08. The van der Waals surface area contributed by atoms with E-state index in [4.69, 9.17) is 10.9 Å². The first-order chi connectivity index (χ1) is 10.0. The molecule has 2 rings (SSSR count). The SMILES string of the molecule is N/C(=N/O)c1ccc(NC(=O)c2c(F)cccc2Br)cc1. The van der Waals surface area contributed by atoms with Crippen LogP contribution in [0.25, 0.3) is 0 Å². The van der Waals surface area contributed by atoms with Gasteiger partial charge in [-0.05, 0) is 52.3 Å². The fraction of sp³-hybridized carbons (Fsp3) is 0. The predicted octanol–water partition coefficient (Wildman–Crippen LogP) is 2.94. The van der Waals surface area contributed by atoms with Crippen molar-refractivity contribution in [2.24, 2.45) is 10.9 Å². The predicted molar refractivity (Wildman–Crippen MR) is 81.0 cm³/mol. The minimum absolute atomic E-state index is 0.0373. The Hall–Kier alpha value is -2.41. The minimum Gasteiger partial charge on any atom is -0.409 e. The van der Waals surface area contributed by atoms with Crippen LogP contribution < -0.4 is 11.1 Å². The number of amidine groups is 1. The highest BCUT2D eigenvalue weighted by Crippen LogP contribution is 2.21. The molecule has 0 saturated heterocycles. The van der Waals surface area contributed by atoms with E-state index in [0.717, 1.165) is 0 Å². The zero-order valence-electron chi connectivity index (χ0n) is 10.7. The molecule has 108 valence electrons. The van der Waals surface area contributed by atoms with Crippen molar-refractivity contribution in [2.75, 3.05) is 5.32 Å². The van der Waals surface area contributed by atoms with Crippen LogP contribution in [0.2, 0.25) is 0 Å². The molecule has 4 N–H and O–H groups in total.